The Morgan fingerprint density at radius 2 is 2.04 bits per heavy atom. The Hall–Kier alpha value is -2.37. The van der Waals surface area contributed by atoms with E-state index in [1.807, 2.05) is 19.9 Å². The maximum Gasteiger partial charge on any atom is 0.313 e. The third-order valence-electron chi connectivity index (χ3n) is 3.76. The van der Waals surface area contributed by atoms with E-state index in [4.69, 9.17) is 0 Å². The first-order valence-corrected chi connectivity index (χ1v) is 7.97. The molecule has 0 radical (unpaired) electrons. The number of nitrogens with zero attached hydrogens (tertiary/aromatic N) is 3. The second-order valence-electron chi connectivity index (χ2n) is 5.83. The van der Waals surface area contributed by atoms with Crippen molar-refractivity contribution < 1.29 is 9.59 Å². The number of hydrogen-bond acceptors (Lipinski definition) is 4. The topological polar surface area (TPSA) is 65.5 Å². The van der Waals surface area contributed by atoms with Crippen molar-refractivity contribution in [2.75, 3.05) is 36.4 Å². The van der Waals surface area contributed by atoms with Crippen molar-refractivity contribution in [2.45, 2.75) is 26.7 Å². The molecule has 2 rings (SSSR count). The monoisotopic (exact) mass is 316 g/mol. The Bertz CT molecular complexity index is 577. The molecule has 1 aliphatic heterocycles. The molecule has 1 fully saturated rings. The third-order valence-corrected chi connectivity index (χ3v) is 3.76. The van der Waals surface area contributed by atoms with Crippen LogP contribution in [0, 0.1) is 0 Å². The number of carbonyl (C=O) groups is 2. The largest absolute Gasteiger partial charge is 0.357 e. The van der Waals surface area contributed by atoms with Crippen LogP contribution in [-0.2, 0) is 9.59 Å². The fourth-order valence-electron chi connectivity index (χ4n) is 2.57. The van der Waals surface area contributed by atoms with Gasteiger partial charge >= 0.3 is 11.8 Å². The molecule has 2 amide bonds. The van der Waals surface area contributed by atoms with E-state index in [2.05, 4.69) is 21.8 Å². The fourth-order valence-corrected chi connectivity index (χ4v) is 2.57. The zero-order chi connectivity index (χ0) is 16.8. The van der Waals surface area contributed by atoms with E-state index in [0.717, 1.165) is 24.5 Å². The van der Waals surface area contributed by atoms with Gasteiger partial charge in [0.15, 0.2) is 0 Å². The second kappa shape index (κ2) is 7.76. The molecule has 1 aromatic rings. The third kappa shape index (κ3) is 4.55. The van der Waals surface area contributed by atoms with E-state index in [1.165, 1.54) is 17.7 Å². The van der Waals surface area contributed by atoms with Gasteiger partial charge < -0.3 is 15.1 Å². The standard InChI is InChI=1S/C17H24N4O2/c1-4-20(12-13(2)3)17(23)16(22)19-14-7-8-15(18-11-14)21-9-5-6-10-21/h7-8,11H,2,4-6,9-10,12H2,1,3H3,(H,19,22). The van der Waals surface area contributed by atoms with Gasteiger partial charge in [0, 0.05) is 26.2 Å². The highest BCUT2D eigenvalue weighted by atomic mass is 16.2. The minimum absolute atomic E-state index is 0.384. The molecule has 6 heteroatoms. The Morgan fingerprint density at radius 1 is 1.35 bits per heavy atom. The fraction of sp³-hybridized carbons (Fsp3) is 0.471. The Kier molecular flexibility index (Phi) is 5.73. The number of amides is 2. The van der Waals surface area contributed by atoms with E-state index in [1.54, 1.807) is 12.3 Å². The van der Waals surface area contributed by atoms with Gasteiger partial charge in [-0.2, -0.15) is 0 Å². The quantitative estimate of drug-likeness (QED) is 0.667. The van der Waals surface area contributed by atoms with Gasteiger partial charge in [0.2, 0.25) is 0 Å². The number of rotatable bonds is 5. The minimum Gasteiger partial charge on any atom is -0.357 e. The lowest BCUT2D eigenvalue weighted by Crippen LogP contribution is -2.40. The molecular weight excluding hydrogens is 292 g/mol. The van der Waals surface area contributed by atoms with Gasteiger partial charge in [-0.15, -0.1) is 0 Å². The SMILES string of the molecule is C=C(C)CN(CC)C(=O)C(=O)Nc1ccc(N2CCCC2)nc1. The Balaban J connectivity index is 1.96. The predicted molar refractivity (Wildman–Crippen MR) is 91.4 cm³/mol. The molecule has 1 saturated heterocycles. The molecule has 124 valence electrons. The first kappa shape index (κ1) is 17.0. The lowest BCUT2D eigenvalue weighted by Gasteiger charge is -2.20. The maximum atomic E-state index is 12.1. The average molecular weight is 316 g/mol. The van der Waals surface area contributed by atoms with Crippen molar-refractivity contribution >= 4 is 23.3 Å². The highest BCUT2D eigenvalue weighted by Crippen LogP contribution is 2.19. The van der Waals surface area contributed by atoms with Crippen LogP contribution in [0.2, 0.25) is 0 Å². The summed E-state index contributed by atoms with van der Waals surface area (Å²) in [5, 5.41) is 2.61. The first-order chi connectivity index (χ1) is 11.0. The molecule has 0 spiro atoms. The summed E-state index contributed by atoms with van der Waals surface area (Å²) in [7, 11) is 0. The molecule has 0 saturated carbocycles. The molecule has 0 unspecified atom stereocenters. The van der Waals surface area contributed by atoms with Gasteiger partial charge in [0.05, 0.1) is 11.9 Å². The molecule has 1 N–H and O–H groups in total. The zero-order valence-electron chi connectivity index (χ0n) is 13.8. The summed E-state index contributed by atoms with van der Waals surface area (Å²) in [6.45, 7) is 10.3. The van der Waals surface area contributed by atoms with Gasteiger partial charge in [-0.3, -0.25) is 9.59 Å². The maximum absolute atomic E-state index is 12.1. The van der Waals surface area contributed by atoms with E-state index in [9.17, 15) is 9.59 Å². The summed E-state index contributed by atoms with van der Waals surface area (Å²) in [5.74, 6) is -0.299. The van der Waals surface area contributed by atoms with Crippen LogP contribution in [0.15, 0.2) is 30.5 Å². The number of anilines is 2. The van der Waals surface area contributed by atoms with Crippen molar-refractivity contribution in [1.82, 2.24) is 9.88 Å². The van der Waals surface area contributed by atoms with Crippen molar-refractivity contribution in [3.63, 3.8) is 0 Å². The van der Waals surface area contributed by atoms with E-state index in [0.29, 0.717) is 18.8 Å². The molecule has 1 aliphatic rings. The number of aromatic nitrogens is 1. The van der Waals surface area contributed by atoms with Crippen molar-refractivity contribution in [3.8, 4) is 0 Å². The predicted octanol–water partition coefficient (Wildman–Crippen LogP) is 2.04. The molecule has 0 bridgehead atoms. The molecule has 0 aliphatic carbocycles. The number of nitrogens with one attached hydrogen (secondary N) is 1. The lowest BCUT2D eigenvalue weighted by atomic mass is 10.3. The molecule has 0 aromatic carbocycles. The van der Waals surface area contributed by atoms with Crippen LogP contribution in [0.4, 0.5) is 11.5 Å². The first-order valence-electron chi connectivity index (χ1n) is 7.97. The summed E-state index contributed by atoms with van der Waals surface area (Å²) in [4.78, 5) is 32.2. The average Bonchev–Trinajstić information content (AvgIpc) is 3.06. The summed E-state index contributed by atoms with van der Waals surface area (Å²) >= 11 is 0. The Morgan fingerprint density at radius 3 is 2.57 bits per heavy atom. The molecule has 6 nitrogen and oxygen atoms in total. The van der Waals surface area contributed by atoms with Crippen LogP contribution in [0.25, 0.3) is 0 Å². The summed E-state index contributed by atoms with van der Waals surface area (Å²) in [6, 6.07) is 3.65. The normalized spacial score (nSPS) is 13.7. The minimum atomic E-state index is -0.649. The van der Waals surface area contributed by atoms with Gasteiger partial charge in [0.1, 0.15) is 5.82 Å². The van der Waals surface area contributed by atoms with Gasteiger partial charge in [-0.1, -0.05) is 12.2 Å². The zero-order valence-corrected chi connectivity index (χ0v) is 13.8. The van der Waals surface area contributed by atoms with Crippen LogP contribution in [-0.4, -0.2) is 47.9 Å². The smallest absolute Gasteiger partial charge is 0.313 e. The molecule has 1 aromatic heterocycles. The molecule has 0 atom stereocenters. The van der Waals surface area contributed by atoms with Crippen molar-refractivity contribution in [3.05, 3.63) is 30.5 Å². The van der Waals surface area contributed by atoms with Crippen molar-refractivity contribution in [2.24, 2.45) is 0 Å². The highest BCUT2D eigenvalue weighted by molar-refractivity contribution is 6.39. The van der Waals surface area contributed by atoms with Crippen LogP contribution in [0.5, 0.6) is 0 Å². The van der Waals surface area contributed by atoms with Crippen LogP contribution >= 0.6 is 0 Å². The van der Waals surface area contributed by atoms with E-state index < -0.39 is 11.8 Å². The van der Waals surface area contributed by atoms with Gasteiger partial charge in [-0.25, -0.2) is 4.98 Å². The molecule has 2 heterocycles. The number of hydrogen-bond donors (Lipinski definition) is 1. The molecule has 23 heavy (non-hydrogen) atoms. The van der Waals surface area contributed by atoms with Gasteiger partial charge in [0.25, 0.3) is 0 Å². The molecular formula is C17H24N4O2. The Labute approximate surface area is 137 Å². The number of likely N-dealkylation sites (N-methyl/N-ethyl adjacent to an activating group) is 1. The number of pyridine rings is 1. The van der Waals surface area contributed by atoms with Crippen molar-refractivity contribution in [1.29, 1.82) is 0 Å². The van der Waals surface area contributed by atoms with E-state index >= 15 is 0 Å². The lowest BCUT2D eigenvalue weighted by molar-refractivity contribution is -0.142. The highest BCUT2D eigenvalue weighted by Gasteiger charge is 2.21. The number of carbonyl (C=O) groups excluding carboxylic acids is 2. The second-order valence-corrected chi connectivity index (χ2v) is 5.83. The van der Waals surface area contributed by atoms with Crippen LogP contribution in [0.1, 0.15) is 26.7 Å². The summed E-state index contributed by atoms with van der Waals surface area (Å²) < 4.78 is 0. The summed E-state index contributed by atoms with van der Waals surface area (Å²) in [6.07, 6.45) is 3.96. The van der Waals surface area contributed by atoms with E-state index in [-0.39, 0.29) is 0 Å². The van der Waals surface area contributed by atoms with Gasteiger partial charge in [-0.05, 0) is 38.8 Å². The van der Waals surface area contributed by atoms with Crippen LogP contribution < -0.4 is 10.2 Å². The van der Waals surface area contributed by atoms with Crippen LogP contribution in [0.3, 0.4) is 0 Å². The summed E-state index contributed by atoms with van der Waals surface area (Å²) in [5.41, 5.74) is 1.36.